The van der Waals surface area contributed by atoms with Gasteiger partial charge in [0.05, 0.1) is 17.4 Å². The van der Waals surface area contributed by atoms with Gasteiger partial charge in [0.25, 0.3) is 0 Å². The summed E-state index contributed by atoms with van der Waals surface area (Å²) in [5.41, 5.74) is 3.88. The van der Waals surface area contributed by atoms with Crippen LogP contribution in [0.3, 0.4) is 0 Å². The molecule has 0 bridgehead atoms. The van der Waals surface area contributed by atoms with E-state index in [1.54, 1.807) is 24.5 Å². The first-order valence-corrected chi connectivity index (χ1v) is 10.9. The van der Waals surface area contributed by atoms with Crippen molar-refractivity contribution in [3.05, 3.63) is 52.6 Å². The van der Waals surface area contributed by atoms with Crippen LogP contribution in [0.5, 0.6) is 0 Å². The van der Waals surface area contributed by atoms with Crippen molar-refractivity contribution >= 4 is 34.4 Å². The van der Waals surface area contributed by atoms with E-state index in [1.165, 1.54) is 11.3 Å². The standard InChI is InChI=1S/C21H25N7OS/c1-14-16(15(2)27(3)26-14)8-9-19(29)28-12-5-4-7-18(28)17-13-30-21(24-17)25-20-22-10-6-11-23-20/h6,8-11,13,18H,4-5,7,12H2,1-3H3,(H,22,23,24,25)/b9-8+/t18-/m1/s1. The molecule has 1 aliphatic heterocycles. The summed E-state index contributed by atoms with van der Waals surface area (Å²) in [6.45, 7) is 4.70. The summed E-state index contributed by atoms with van der Waals surface area (Å²) in [5, 5.41) is 10.3. The van der Waals surface area contributed by atoms with Gasteiger partial charge in [0.1, 0.15) is 0 Å². The van der Waals surface area contributed by atoms with Crippen LogP contribution in [0.25, 0.3) is 6.08 Å². The summed E-state index contributed by atoms with van der Waals surface area (Å²) >= 11 is 1.50. The molecule has 3 aromatic rings. The fraction of sp³-hybridized carbons (Fsp3) is 0.381. The Hall–Kier alpha value is -3.07. The fourth-order valence-corrected chi connectivity index (χ4v) is 4.49. The van der Waals surface area contributed by atoms with Gasteiger partial charge in [-0.05, 0) is 45.3 Å². The number of hydrogen-bond donors (Lipinski definition) is 1. The van der Waals surface area contributed by atoms with E-state index in [-0.39, 0.29) is 11.9 Å². The van der Waals surface area contributed by atoms with Crippen molar-refractivity contribution in [2.45, 2.75) is 39.2 Å². The first-order chi connectivity index (χ1) is 14.5. The molecule has 1 N–H and O–H groups in total. The van der Waals surface area contributed by atoms with Gasteiger partial charge in [0, 0.05) is 48.7 Å². The maximum atomic E-state index is 13.0. The largest absolute Gasteiger partial charge is 0.331 e. The second-order valence-electron chi connectivity index (χ2n) is 7.36. The number of rotatable bonds is 5. The lowest BCUT2D eigenvalue weighted by Gasteiger charge is -2.34. The number of carbonyl (C=O) groups is 1. The van der Waals surface area contributed by atoms with E-state index in [9.17, 15) is 4.79 Å². The first-order valence-electron chi connectivity index (χ1n) is 10.0. The van der Waals surface area contributed by atoms with Gasteiger partial charge in [-0.25, -0.2) is 15.0 Å². The van der Waals surface area contributed by atoms with E-state index in [0.717, 1.165) is 53.6 Å². The number of piperidine rings is 1. The van der Waals surface area contributed by atoms with Gasteiger partial charge in [0.2, 0.25) is 11.9 Å². The number of carbonyl (C=O) groups excluding carboxylic acids is 1. The number of thiazole rings is 1. The van der Waals surface area contributed by atoms with Gasteiger partial charge in [-0.15, -0.1) is 11.3 Å². The number of anilines is 2. The van der Waals surface area contributed by atoms with Gasteiger partial charge >= 0.3 is 0 Å². The van der Waals surface area contributed by atoms with Crippen molar-refractivity contribution < 1.29 is 4.79 Å². The maximum Gasteiger partial charge on any atom is 0.247 e. The number of hydrogen-bond acceptors (Lipinski definition) is 7. The molecule has 8 nitrogen and oxygen atoms in total. The molecule has 1 aliphatic rings. The summed E-state index contributed by atoms with van der Waals surface area (Å²) in [4.78, 5) is 28.0. The fourth-order valence-electron chi connectivity index (χ4n) is 3.74. The average molecular weight is 424 g/mol. The zero-order valence-corrected chi connectivity index (χ0v) is 18.2. The van der Waals surface area contributed by atoms with E-state index >= 15 is 0 Å². The molecular weight excluding hydrogens is 398 g/mol. The maximum absolute atomic E-state index is 13.0. The van der Waals surface area contributed by atoms with Gasteiger partial charge < -0.3 is 10.2 Å². The van der Waals surface area contributed by atoms with Crippen LogP contribution in [0.1, 0.15) is 47.9 Å². The van der Waals surface area contributed by atoms with Crippen molar-refractivity contribution in [2.24, 2.45) is 7.05 Å². The highest BCUT2D eigenvalue weighted by Gasteiger charge is 2.28. The van der Waals surface area contributed by atoms with E-state index in [4.69, 9.17) is 4.98 Å². The number of aryl methyl sites for hydroxylation is 2. The number of amides is 1. The Kier molecular flexibility index (Phi) is 5.89. The minimum Gasteiger partial charge on any atom is -0.331 e. The van der Waals surface area contributed by atoms with Crippen molar-refractivity contribution in [1.82, 2.24) is 29.6 Å². The van der Waals surface area contributed by atoms with Gasteiger partial charge in [0.15, 0.2) is 5.13 Å². The molecule has 0 spiro atoms. The lowest BCUT2D eigenvalue weighted by atomic mass is 9.99. The summed E-state index contributed by atoms with van der Waals surface area (Å²) in [6.07, 6.45) is 9.92. The molecule has 1 saturated heterocycles. The number of aromatic nitrogens is 5. The molecule has 4 rings (SSSR count). The smallest absolute Gasteiger partial charge is 0.247 e. The van der Waals surface area contributed by atoms with Crippen molar-refractivity contribution in [1.29, 1.82) is 0 Å². The molecule has 1 amide bonds. The molecule has 1 fully saturated rings. The van der Waals surface area contributed by atoms with Crippen LogP contribution in [-0.4, -0.2) is 42.1 Å². The molecule has 9 heteroatoms. The Labute approximate surface area is 179 Å². The first kappa shape index (κ1) is 20.2. The number of nitrogens with one attached hydrogen (secondary N) is 1. The number of nitrogens with zero attached hydrogens (tertiary/aromatic N) is 6. The van der Waals surface area contributed by atoms with Crippen LogP contribution in [0.4, 0.5) is 11.1 Å². The lowest BCUT2D eigenvalue weighted by molar-refractivity contribution is -0.129. The Morgan fingerprint density at radius 2 is 2.07 bits per heavy atom. The second-order valence-corrected chi connectivity index (χ2v) is 8.22. The van der Waals surface area contributed by atoms with Crippen LogP contribution in [0, 0.1) is 13.8 Å². The van der Waals surface area contributed by atoms with Crippen LogP contribution in [0.15, 0.2) is 29.9 Å². The van der Waals surface area contributed by atoms with E-state index in [0.29, 0.717) is 5.95 Å². The topological polar surface area (TPSA) is 88.8 Å². The highest BCUT2D eigenvalue weighted by atomic mass is 32.1. The third-order valence-corrected chi connectivity index (χ3v) is 6.17. The molecule has 1 atom stereocenters. The molecule has 3 aromatic heterocycles. The van der Waals surface area contributed by atoms with Gasteiger partial charge in [-0.3, -0.25) is 9.48 Å². The lowest BCUT2D eigenvalue weighted by Crippen LogP contribution is -2.37. The van der Waals surface area contributed by atoms with Gasteiger partial charge in [-0.1, -0.05) is 0 Å². The minimum atomic E-state index is -0.0181. The van der Waals surface area contributed by atoms with E-state index < -0.39 is 0 Å². The summed E-state index contributed by atoms with van der Waals surface area (Å²) < 4.78 is 1.84. The quantitative estimate of drug-likeness (QED) is 0.628. The van der Waals surface area contributed by atoms with E-state index in [1.807, 2.05) is 41.9 Å². The average Bonchev–Trinajstić information content (AvgIpc) is 3.31. The highest BCUT2D eigenvalue weighted by molar-refractivity contribution is 7.13. The van der Waals surface area contributed by atoms with E-state index in [2.05, 4.69) is 20.4 Å². The molecule has 4 heterocycles. The Balaban J connectivity index is 1.50. The van der Waals surface area contributed by atoms with Crippen molar-refractivity contribution in [3.63, 3.8) is 0 Å². The Morgan fingerprint density at radius 1 is 1.27 bits per heavy atom. The molecule has 30 heavy (non-hydrogen) atoms. The SMILES string of the molecule is Cc1nn(C)c(C)c1/C=C/C(=O)N1CCCC[C@@H]1c1csc(Nc2ncccn2)n1. The molecular formula is C21H25N7OS. The highest BCUT2D eigenvalue weighted by Crippen LogP contribution is 2.33. The summed E-state index contributed by atoms with van der Waals surface area (Å²) in [7, 11) is 1.91. The number of likely N-dealkylation sites (tertiary alicyclic amines) is 1. The molecule has 0 aromatic carbocycles. The zero-order valence-electron chi connectivity index (χ0n) is 17.4. The van der Waals surface area contributed by atoms with Gasteiger partial charge in [-0.2, -0.15) is 5.10 Å². The van der Waals surface area contributed by atoms with Crippen LogP contribution < -0.4 is 5.32 Å². The molecule has 0 aliphatic carbocycles. The predicted molar refractivity (Wildman–Crippen MR) is 117 cm³/mol. The third kappa shape index (κ3) is 4.25. The molecule has 0 radical (unpaired) electrons. The third-order valence-electron chi connectivity index (χ3n) is 5.39. The predicted octanol–water partition coefficient (Wildman–Crippen LogP) is 3.79. The second kappa shape index (κ2) is 8.74. The van der Waals surface area contributed by atoms with Crippen LogP contribution in [0.2, 0.25) is 0 Å². The van der Waals surface area contributed by atoms with Crippen molar-refractivity contribution in [2.75, 3.05) is 11.9 Å². The molecule has 0 unspecified atom stereocenters. The summed E-state index contributed by atoms with van der Waals surface area (Å²) in [6, 6.07) is 1.75. The molecule has 0 saturated carbocycles. The van der Waals surface area contributed by atoms with Crippen LogP contribution >= 0.6 is 11.3 Å². The van der Waals surface area contributed by atoms with Crippen molar-refractivity contribution in [3.8, 4) is 0 Å². The zero-order chi connectivity index (χ0) is 21.1. The Morgan fingerprint density at radius 3 is 2.80 bits per heavy atom. The monoisotopic (exact) mass is 423 g/mol. The minimum absolute atomic E-state index is 0.0104. The normalized spacial score (nSPS) is 16.9. The molecule has 156 valence electrons. The summed E-state index contributed by atoms with van der Waals surface area (Å²) in [5.74, 6) is 0.524. The Bertz CT molecular complexity index is 1060. The van der Waals surface area contributed by atoms with Crippen LogP contribution in [-0.2, 0) is 11.8 Å².